The van der Waals surface area contributed by atoms with Crippen LogP contribution in [0.15, 0.2) is 53.4 Å². The van der Waals surface area contributed by atoms with Crippen molar-refractivity contribution >= 4 is 10.9 Å². The maximum atomic E-state index is 9.17. The summed E-state index contributed by atoms with van der Waals surface area (Å²) >= 11 is 0. The van der Waals surface area contributed by atoms with Gasteiger partial charge in [-0.05, 0) is 60.2 Å². The first-order chi connectivity index (χ1) is 13.7. The number of aromatic nitrogens is 3. The van der Waals surface area contributed by atoms with Gasteiger partial charge < -0.3 is 9.15 Å². The summed E-state index contributed by atoms with van der Waals surface area (Å²) in [6, 6.07) is 14.0. The Kier molecular flexibility index (Phi) is 3.87. The Bertz CT molecular complexity index is 1190. The van der Waals surface area contributed by atoms with Crippen molar-refractivity contribution in [1.82, 2.24) is 15.2 Å². The Labute approximate surface area is 161 Å². The van der Waals surface area contributed by atoms with Gasteiger partial charge in [0.25, 0.3) is 0 Å². The van der Waals surface area contributed by atoms with Crippen LogP contribution < -0.4 is 4.74 Å². The fourth-order valence-corrected chi connectivity index (χ4v) is 3.92. The van der Waals surface area contributed by atoms with Gasteiger partial charge >= 0.3 is 0 Å². The molecule has 2 aromatic carbocycles. The summed E-state index contributed by atoms with van der Waals surface area (Å²) in [5.74, 6) is 1.78. The summed E-state index contributed by atoms with van der Waals surface area (Å²) in [4.78, 5) is 3.98. The number of aryl methyl sites for hydroxylation is 1. The van der Waals surface area contributed by atoms with Gasteiger partial charge in [0, 0.05) is 5.39 Å². The van der Waals surface area contributed by atoms with Crippen LogP contribution in [0.4, 0.5) is 0 Å². The molecule has 6 nitrogen and oxygen atoms in total. The number of fused-ring (bicyclic) bond motifs is 2. The molecule has 0 amide bonds. The normalized spacial score (nSPS) is 18.6. The van der Waals surface area contributed by atoms with Crippen LogP contribution in [0.25, 0.3) is 22.4 Å². The summed E-state index contributed by atoms with van der Waals surface area (Å²) in [5, 5.41) is 17.5. The fraction of sp³-hybridized carbons (Fsp3) is 0.227. The summed E-state index contributed by atoms with van der Waals surface area (Å²) in [7, 11) is 0. The predicted molar refractivity (Wildman–Crippen MR) is 104 cm³/mol. The number of benzene rings is 2. The summed E-state index contributed by atoms with van der Waals surface area (Å²) in [5.41, 5.74) is 4.70. The molecule has 2 heterocycles. The maximum Gasteiger partial charge on any atom is 0.181 e. The predicted octanol–water partition coefficient (Wildman–Crippen LogP) is 4.79. The number of hydrogen-bond acceptors (Lipinski definition) is 5. The van der Waals surface area contributed by atoms with Gasteiger partial charge in [0.2, 0.25) is 0 Å². The number of aromatic amines is 1. The third kappa shape index (κ3) is 2.72. The molecule has 0 fully saturated rings. The van der Waals surface area contributed by atoms with E-state index in [1.165, 1.54) is 17.5 Å². The zero-order valence-electron chi connectivity index (χ0n) is 15.3. The molecule has 0 aliphatic heterocycles. The Hall–Kier alpha value is -3.59. The van der Waals surface area contributed by atoms with E-state index >= 15 is 0 Å². The van der Waals surface area contributed by atoms with Crippen LogP contribution in [-0.2, 0) is 6.42 Å². The highest BCUT2D eigenvalue weighted by Gasteiger charge is 2.28. The van der Waals surface area contributed by atoms with E-state index in [0.717, 1.165) is 29.5 Å². The van der Waals surface area contributed by atoms with E-state index in [9.17, 15) is 5.26 Å². The third-order valence-electron chi connectivity index (χ3n) is 5.43. The highest BCUT2D eigenvalue weighted by Crippen LogP contribution is 2.39. The van der Waals surface area contributed by atoms with Gasteiger partial charge in [-0.15, -0.1) is 0 Å². The zero-order chi connectivity index (χ0) is 19.1. The molecule has 138 valence electrons. The second kappa shape index (κ2) is 6.54. The molecule has 4 aromatic rings. The lowest BCUT2D eigenvalue weighted by Crippen LogP contribution is -2.23. The van der Waals surface area contributed by atoms with Crippen molar-refractivity contribution in [1.29, 1.82) is 5.26 Å². The van der Waals surface area contributed by atoms with E-state index in [2.05, 4.69) is 28.2 Å². The largest absolute Gasteiger partial charge is 0.485 e. The molecule has 1 aliphatic carbocycles. The second-order valence-corrected chi connectivity index (χ2v) is 7.23. The average Bonchev–Trinajstić information content (AvgIpc) is 3.39. The fourth-order valence-electron chi connectivity index (χ4n) is 3.92. The van der Waals surface area contributed by atoms with Gasteiger partial charge in [-0.2, -0.15) is 10.4 Å². The Balaban J connectivity index is 1.52. The molecular formula is C22H18N4O2. The third-order valence-corrected chi connectivity index (χ3v) is 5.43. The lowest BCUT2D eigenvalue weighted by molar-refractivity contribution is 0.129. The minimum atomic E-state index is -0.0467. The van der Waals surface area contributed by atoms with Crippen molar-refractivity contribution in [2.45, 2.75) is 25.9 Å². The van der Waals surface area contributed by atoms with Gasteiger partial charge in [-0.1, -0.05) is 13.0 Å². The molecule has 1 N–H and O–H groups in total. The molecule has 6 heteroatoms. The second-order valence-electron chi connectivity index (χ2n) is 7.23. The standard InChI is InChI=1S/C22H18N4O2/c1-13-2-4-15-8-14(10-23)3-6-17(15)22(13)28-16-5-7-19-18(9-16)21(26-25-19)20-11-24-12-27-20/h3,5-9,11-13,22H,2,4H2,1H3,(H,25,26)/t13-,22-/m1/s1. The van der Waals surface area contributed by atoms with Crippen LogP contribution in [0.1, 0.15) is 36.1 Å². The molecule has 1 aliphatic rings. The van der Waals surface area contributed by atoms with E-state index in [-0.39, 0.29) is 6.10 Å². The molecule has 0 spiro atoms. The Morgan fingerprint density at radius 2 is 2.18 bits per heavy atom. The average molecular weight is 370 g/mol. The molecule has 0 radical (unpaired) electrons. The number of nitrogens with zero attached hydrogens (tertiary/aromatic N) is 3. The molecule has 0 bridgehead atoms. The molecule has 0 saturated carbocycles. The highest BCUT2D eigenvalue weighted by atomic mass is 16.5. The minimum absolute atomic E-state index is 0.0467. The van der Waals surface area contributed by atoms with Crippen molar-refractivity contribution in [3.05, 3.63) is 65.7 Å². The van der Waals surface area contributed by atoms with Gasteiger partial charge in [0.1, 0.15) is 17.5 Å². The van der Waals surface area contributed by atoms with Gasteiger partial charge in [0.05, 0.1) is 23.3 Å². The SMILES string of the molecule is C[C@@H]1CCc2cc(C#N)ccc2[C@@H]1Oc1ccc2[nH]nc(-c3cnco3)c2c1. The molecule has 0 saturated heterocycles. The van der Waals surface area contributed by atoms with Gasteiger partial charge in [-0.25, -0.2) is 4.98 Å². The van der Waals surface area contributed by atoms with Crippen molar-refractivity contribution in [2.75, 3.05) is 0 Å². The monoisotopic (exact) mass is 370 g/mol. The number of H-pyrrole nitrogens is 1. The number of oxazole rings is 1. The van der Waals surface area contributed by atoms with Gasteiger partial charge in [-0.3, -0.25) is 5.10 Å². The van der Waals surface area contributed by atoms with E-state index in [1.54, 1.807) is 6.20 Å². The molecule has 0 unspecified atom stereocenters. The number of nitrogens with one attached hydrogen (secondary N) is 1. The van der Waals surface area contributed by atoms with E-state index < -0.39 is 0 Å². The van der Waals surface area contributed by atoms with Gasteiger partial charge in [0.15, 0.2) is 12.2 Å². The molecule has 28 heavy (non-hydrogen) atoms. The Morgan fingerprint density at radius 3 is 3.00 bits per heavy atom. The summed E-state index contributed by atoms with van der Waals surface area (Å²) < 4.78 is 11.8. The van der Waals surface area contributed by atoms with E-state index in [0.29, 0.717) is 22.9 Å². The lowest BCUT2D eigenvalue weighted by atomic mass is 9.81. The van der Waals surface area contributed by atoms with Crippen LogP contribution in [0, 0.1) is 17.2 Å². The van der Waals surface area contributed by atoms with E-state index in [4.69, 9.17) is 9.15 Å². The van der Waals surface area contributed by atoms with Crippen LogP contribution in [-0.4, -0.2) is 15.2 Å². The number of ether oxygens (including phenoxy) is 1. The minimum Gasteiger partial charge on any atom is -0.485 e. The Morgan fingerprint density at radius 1 is 1.25 bits per heavy atom. The van der Waals surface area contributed by atoms with E-state index in [1.807, 2.05) is 36.4 Å². The number of rotatable bonds is 3. The quantitative estimate of drug-likeness (QED) is 0.560. The molecule has 2 atom stereocenters. The first-order valence-corrected chi connectivity index (χ1v) is 9.29. The van der Waals surface area contributed by atoms with Crippen molar-refractivity contribution < 1.29 is 9.15 Å². The first kappa shape index (κ1) is 16.6. The van der Waals surface area contributed by atoms with Crippen molar-refractivity contribution in [3.8, 4) is 23.3 Å². The highest BCUT2D eigenvalue weighted by molar-refractivity contribution is 5.92. The maximum absolute atomic E-state index is 9.17. The van der Waals surface area contributed by atoms with Crippen LogP contribution in [0.3, 0.4) is 0 Å². The van der Waals surface area contributed by atoms with Crippen molar-refractivity contribution in [2.24, 2.45) is 5.92 Å². The molecule has 5 rings (SSSR count). The first-order valence-electron chi connectivity index (χ1n) is 9.29. The summed E-state index contributed by atoms with van der Waals surface area (Å²) in [6.45, 7) is 2.21. The topological polar surface area (TPSA) is 87.7 Å². The lowest BCUT2D eigenvalue weighted by Gasteiger charge is -2.32. The van der Waals surface area contributed by atoms with Crippen LogP contribution in [0.2, 0.25) is 0 Å². The van der Waals surface area contributed by atoms with Crippen LogP contribution >= 0.6 is 0 Å². The van der Waals surface area contributed by atoms with Crippen LogP contribution in [0.5, 0.6) is 5.75 Å². The molecule has 2 aromatic heterocycles. The zero-order valence-corrected chi connectivity index (χ0v) is 15.3. The summed E-state index contributed by atoms with van der Waals surface area (Å²) in [6.07, 6.45) is 5.00. The number of hydrogen-bond donors (Lipinski definition) is 1. The van der Waals surface area contributed by atoms with Crippen molar-refractivity contribution in [3.63, 3.8) is 0 Å². The number of nitriles is 1. The smallest absolute Gasteiger partial charge is 0.181 e. The molecular weight excluding hydrogens is 352 g/mol.